The van der Waals surface area contributed by atoms with E-state index < -0.39 is 11.6 Å². The maximum atomic E-state index is 14.6. The predicted octanol–water partition coefficient (Wildman–Crippen LogP) is 6.35. The summed E-state index contributed by atoms with van der Waals surface area (Å²) < 4.78 is 28.1. The summed E-state index contributed by atoms with van der Waals surface area (Å²) >= 11 is 0. The molecule has 2 aliphatic heterocycles. The minimum Gasteiger partial charge on any atom is -0.355 e. The molecule has 2 N–H and O–H groups in total. The number of hydrogen-bond donors (Lipinski definition) is 2. The second-order valence-corrected chi connectivity index (χ2v) is 7.71. The van der Waals surface area contributed by atoms with Crippen molar-refractivity contribution in [1.82, 2.24) is 19.9 Å². The first kappa shape index (κ1) is 18.4. The summed E-state index contributed by atoms with van der Waals surface area (Å²) in [5.74, 6) is -1.24. The van der Waals surface area contributed by atoms with Crippen molar-refractivity contribution in [2.24, 2.45) is 0 Å². The molecule has 154 valence electrons. The highest BCUT2D eigenvalue weighted by molar-refractivity contribution is 5.93. The van der Waals surface area contributed by atoms with Crippen molar-refractivity contribution >= 4 is 45.9 Å². The molecule has 8 bridgehead atoms. The molecular weight excluding hydrogens is 406 g/mol. The smallest absolute Gasteiger partial charge is 0.134 e. The summed E-state index contributed by atoms with van der Waals surface area (Å²) in [6, 6.07) is 19.1. The number of aromatic nitrogens is 4. The van der Waals surface area contributed by atoms with Crippen molar-refractivity contribution in [3.8, 4) is 0 Å². The number of benzene rings is 1. The highest BCUT2D eigenvalue weighted by atomic mass is 19.1. The van der Waals surface area contributed by atoms with Crippen LogP contribution < -0.4 is 0 Å². The molecule has 2 aliphatic rings. The highest BCUT2D eigenvalue weighted by Gasteiger charge is 2.16. The minimum atomic E-state index is -0.625. The van der Waals surface area contributed by atoms with Crippen molar-refractivity contribution < 1.29 is 8.78 Å². The number of halogens is 2. The van der Waals surface area contributed by atoms with Gasteiger partial charge in [-0.25, -0.2) is 18.7 Å². The van der Waals surface area contributed by atoms with Gasteiger partial charge >= 0.3 is 0 Å². The monoisotopic (exact) mass is 422 g/mol. The molecule has 4 nitrogen and oxygen atoms in total. The van der Waals surface area contributed by atoms with E-state index in [4.69, 9.17) is 4.98 Å². The van der Waals surface area contributed by atoms with E-state index in [9.17, 15) is 8.78 Å². The third-order valence-electron chi connectivity index (χ3n) is 5.39. The second-order valence-electron chi connectivity index (χ2n) is 7.71. The summed E-state index contributed by atoms with van der Waals surface area (Å²) in [6.07, 6.45) is 5.74. The van der Waals surface area contributed by atoms with E-state index in [0.29, 0.717) is 22.5 Å². The Kier molecular flexibility index (Phi) is 4.11. The molecule has 0 atom stereocenters. The third kappa shape index (κ3) is 3.41. The molecule has 1 aromatic carbocycles. The van der Waals surface area contributed by atoms with Gasteiger partial charge in [0.15, 0.2) is 0 Å². The van der Waals surface area contributed by atoms with Crippen LogP contribution in [0.5, 0.6) is 0 Å². The Morgan fingerprint density at radius 2 is 1.19 bits per heavy atom. The number of hydrogen-bond acceptors (Lipinski definition) is 2. The van der Waals surface area contributed by atoms with Crippen molar-refractivity contribution in [2.75, 3.05) is 0 Å². The fourth-order valence-electron chi connectivity index (χ4n) is 3.94. The lowest BCUT2D eigenvalue weighted by molar-refractivity contribution is 0.581. The number of fused-ring (bicyclic) bond motifs is 8. The molecule has 0 saturated carbocycles. The molecule has 0 radical (unpaired) electrons. The van der Waals surface area contributed by atoms with Crippen molar-refractivity contribution in [2.45, 2.75) is 0 Å². The molecule has 0 spiro atoms. The van der Waals surface area contributed by atoms with E-state index in [-0.39, 0.29) is 0 Å². The van der Waals surface area contributed by atoms with Gasteiger partial charge in [-0.2, -0.15) is 0 Å². The fourth-order valence-corrected chi connectivity index (χ4v) is 3.94. The molecule has 0 unspecified atom stereocenters. The molecule has 32 heavy (non-hydrogen) atoms. The van der Waals surface area contributed by atoms with Crippen LogP contribution in [0.3, 0.4) is 0 Å². The van der Waals surface area contributed by atoms with Crippen LogP contribution >= 0.6 is 0 Å². The van der Waals surface area contributed by atoms with Gasteiger partial charge in [0.25, 0.3) is 0 Å². The summed E-state index contributed by atoms with van der Waals surface area (Å²) in [4.78, 5) is 16.0. The van der Waals surface area contributed by atoms with Crippen molar-refractivity contribution in [1.29, 1.82) is 0 Å². The highest BCUT2D eigenvalue weighted by Crippen LogP contribution is 2.31. The van der Waals surface area contributed by atoms with E-state index in [1.807, 2.05) is 66.8 Å². The van der Waals surface area contributed by atoms with Gasteiger partial charge in [0, 0.05) is 39.3 Å². The fraction of sp³-hybridized carbons (Fsp3) is 0. The summed E-state index contributed by atoms with van der Waals surface area (Å²) in [7, 11) is 0. The zero-order valence-electron chi connectivity index (χ0n) is 16.7. The molecule has 3 aromatic heterocycles. The van der Waals surface area contributed by atoms with E-state index in [2.05, 4.69) is 15.0 Å². The number of H-pyrrole nitrogens is 2. The normalized spacial score (nSPS) is 12.8. The maximum absolute atomic E-state index is 14.6. The first-order valence-corrected chi connectivity index (χ1v) is 10.1. The van der Waals surface area contributed by atoms with Gasteiger partial charge in [-0.15, -0.1) is 0 Å². The van der Waals surface area contributed by atoms with E-state index >= 15 is 0 Å². The van der Waals surface area contributed by atoms with E-state index in [1.165, 1.54) is 12.1 Å². The van der Waals surface area contributed by atoms with Crippen molar-refractivity contribution in [3.63, 3.8) is 0 Å². The zero-order chi connectivity index (χ0) is 21.7. The number of nitrogens with zero attached hydrogens (tertiary/aromatic N) is 2. The Morgan fingerprint density at radius 1 is 0.594 bits per heavy atom. The molecule has 0 amide bonds. The molecule has 0 saturated heterocycles. The first-order valence-electron chi connectivity index (χ1n) is 10.1. The summed E-state index contributed by atoms with van der Waals surface area (Å²) in [6.45, 7) is 0. The second kappa shape index (κ2) is 7.13. The van der Waals surface area contributed by atoms with Gasteiger partial charge < -0.3 is 9.97 Å². The van der Waals surface area contributed by atoms with Crippen LogP contribution in [0.1, 0.15) is 28.3 Å². The quantitative estimate of drug-likeness (QED) is 0.324. The number of rotatable bonds is 1. The Labute approximate surface area is 181 Å². The lowest BCUT2D eigenvalue weighted by Gasteiger charge is -2.04. The maximum Gasteiger partial charge on any atom is 0.134 e. The summed E-state index contributed by atoms with van der Waals surface area (Å²) in [5, 5.41) is 0. The lowest BCUT2D eigenvalue weighted by atomic mass is 10.0. The van der Waals surface area contributed by atoms with Crippen LogP contribution in [0.4, 0.5) is 8.78 Å². The molecule has 0 aliphatic carbocycles. The van der Waals surface area contributed by atoms with Crippen LogP contribution in [0.15, 0.2) is 66.7 Å². The van der Waals surface area contributed by atoms with Gasteiger partial charge in [0.2, 0.25) is 0 Å². The van der Waals surface area contributed by atoms with Crippen LogP contribution in [0.2, 0.25) is 0 Å². The van der Waals surface area contributed by atoms with E-state index in [1.54, 1.807) is 0 Å². The Morgan fingerprint density at radius 3 is 1.81 bits per heavy atom. The lowest BCUT2D eigenvalue weighted by Crippen LogP contribution is -1.91. The molecule has 5 heterocycles. The van der Waals surface area contributed by atoms with Crippen LogP contribution in [-0.2, 0) is 0 Å². The van der Waals surface area contributed by atoms with Crippen LogP contribution in [-0.4, -0.2) is 19.9 Å². The molecule has 4 aromatic rings. The van der Waals surface area contributed by atoms with Gasteiger partial charge in [0.05, 0.1) is 22.8 Å². The van der Waals surface area contributed by atoms with Gasteiger partial charge in [-0.3, -0.25) is 0 Å². The number of nitrogens with one attached hydrogen (secondary N) is 2. The topological polar surface area (TPSA) is 57.4 Å². The largest absolute Gasteiger partial charge is 0.355 e. The molecule has 6 rings (SSSR count). The van der Waals surface area contributed by atoms with Crippen LogP contribution in [0.25, 0.3) is 45.9 Å². The minimum absolute atomic E-state index is 0.301. The van der Waals surface area contributed by atoms with Crippen molar-refractivity contribution in [3.05, 3.63) is 107 Å². The molecular formula is C26H16F2N4. The predicted molar refractivity (Wildman–Crippen MR) is 123 cm³/mol. The zero-order valence-corrected chi connectivity index (χ0v) is 16.7. The third-order valence-corrected chi connectivity index (χ3v) is 5.39. The number of aromatic amines is 2. The van der Waals surface area contributed by atoms with Gasteiger partial charge in [-0.05, 0) is 78.9 Å². The SMILES string of the molecule is Fc1ccc(C2=Cc3cc4ccc(cc5nc(cc6ccc(cc2n3)[nH]6)C=C5)[nH]4)c(F)c1. The molecule has 0 fully saturated rings. The van der Waals surface area contributed by atoms with Gasteiger partial charge in [-0.1, -0.05) is 0 Å². The average Bonchev–Trinajstić information content (AvgIpc) is 3.53. The average molecular weight is 422 g/mol. The van der Waals surface area contributed by atoms with Gasteiger partial charge in [0.1, 0.15) is 11.6 Å². The first-order chi connectivity index (χ1) is 15.6. The Hall–Kier alpha value is -4.32. The van der Waals surface area contributed by atoms with Crippen LogP contribution in [0, 0.1) is 11.6 Å². The standard InChI is InChI=1S/C26H16F2N4/c27-15-1-8-23(25(28)9-15)24-13-22-12-20-5-4-18(30-20)10-16-2-3-17(29-16)11-19-6-7-21(31-19)14-26(24)32-22/h1-14,30-31H. The molecule has 6 heteroatoms. The Bertz CT molecular complexity index is 1610. The summed E-state index contributed by atoms with van der Waals surface area (Å²) in [5.41, 5.74) is 7.35. The van der Waals surface area contributed by atoms with E-state index in [0.717, 1.165) is 39.5 Å². The Balaban J connectivity index is 1.64.